The van der Waals surface area contributed by atoms with Gasteiger partial charge in [0.2, 0.25) is 0 Å². The van der Waals surface area contributed by atoms with Gasteiger partial charge in [-0.2, -0.15) is 0 Å². The van der Waals surface area contributed by atoms with Crippen LogP contribution < -0.4 is 5.73 Å². The number of rotatable bonds is 1. The Morgan fingerprint density at radius 1 is 1.60 bits per heavy atom. The summed E-state index contributed by atoms with van der Waals surface area (Å²) < 4.78 is 0.505. The Morgan fingerprint density at radius 3 is 1.80 bits per heavy atom. The van der Waals surface area contributed by atoms with Crippen LogP contribution in [0.3, 0.4) is 0 Å². The molecule has 2 nitrogen and oxygen atoms in total. The quantitative estimate of drug-likeness (QED) is 0.392. The van der Waals surface area contributed by atoms with Crippen LogP contribution in [-0.4, -0.2) is 27.8 Å². The van der Waals surface area contributed by atoms with E-state index >= 15 is 0 Å². The van der Waals surface area contributed by atoms with Crippen molar-refractivity contribution in [1.29, 1.82) is 0 Å². The number of nitrogens with zero attached hydrogens (tertiary/aromatic N) is 1. The molecular weight excluding hydrogens is 191 g/mol. The second kappa shape index (κ2) is 8.99. The standard InChI is InChI=1S/C5H12.C2H5N2Se/c1-4-5(2)3;1-4-2(3)5/h5H,4H2,1-3H3;1H3,(H2,3,4). The maximum absolute atomic E-state index is 4.99. The van der Waals surface area contributed by atoms with Crippen LogP contribution in [0.4, 0.5) is 0 Å². The van der Waals surface area contributed by atoms with Gasteiger partial charge in [-0.25, -0.2) is 0 Å². The van der Waals surface area contributed by atoms with Gasteiger partial charge in [-0.15, -0.1) is 0 Å². The van der Waals surface area contributed by atoms with Gasteiger partial charge in [-0.3, -0.25) is 0 Å². The van der Waals surface area contributed by atoms with Crippen molar-refractivity contribution in [2.24, 2.45) is 16.6 Å². The van der Waals surface area contributed by atoms with E-state index in [4.69, 9.17) is 5.73 Å². The summed E-state index contributed by atoms with van der Waals surface area (Å²) in [5.74, 6) is 0.884. The van der Waals surface area contributed by atoms with Crippen LogP contribution in [0.5, 0.6) is 0 Å². The molecule has 0 fully saturated rings. The van der Waals surface area contributed by atoms with Crippen LogP contribution in [0.15, 0.2) is 4.99 Å². The molecule has 0 aliphatic heterocycles. The molecular formula is C7H17N2Se. The van der Waals surface area contributed by atoms with Gasteiger partial charge >= 0.3 is 38.5 Å². The Bertz CT molecular complexity index is 85.6. The fourth-order valence-corrected chi connectivity index (χ4v) is 0. The molecule has 0 amide bonds. The van der Waals surface area contributed by atoms with Crippen LogP contribution in [0.1, 0.15) is 27.2 Å². The van der Waals surface area contributed by atoms with Gasteiger partial charge in [-0.05, 0) is 5.92 Å². The normalized spacial score (nSPS) is 10.7. The minimum absolute atomic E-state index is 0.505. The molecule has 0 unspecified atom stereocenters. The molecule has 0 aliphatic carbocycles. The monoisotopic (exact) mass is 209 g/mol. The van der Waals surface area contributed by atoms with Crippen LogP contribution >= 0.6 is 0 Å². The van der Waals surface area contributed by atoms with Crippen molar-refractivity contribution in [3.05, 3.63) is 0 Å². The van der Waals surface area contributed by atoms with Crippen molar-refractivity contribution in [3.8, 4) is 0 Å². The Morgan fingerprint density at radius 2 is 1.80 bits per heavy atom. The summed E-state index contributed by atoms with van der Waals surface area (Å²) in [4.78, 5) is 3.53. The van der Waals surface area contributed by atoms with Gasteiger partial charge in [-0.1, -0.05) is 27.2 Å². The van der Waals surface area contributed by atoms with Gasteiger partial charge in [0, 0.05) is 0 Å². The van der Waals surface area contributed by atoms with E-state index in [1.165, 1.54) is 6.42 Å². The molecule has 61 valence electrons. The molecule has 0 saturated heterocycles. The zero-order chi connectivity index (χ0) is 8.57. The predicted octanol–water partition coefficient (Wildman–Crippen LogP) is 1.15. The summed E-state index contributed by atoms with van der Waals surface area (Å²) in [5.41, 5.74) is 4.99. The van der Waals surface area contributed by atoms with Crippen LogP contribution in [0.25, 0.3) is 0 Å². The van der Waals surface area contributed by atoms with Crippen LogP contribution in [0.2, 0.25) is 0 Å². The molecule has 0 aromatic heterocycles. The van der Waals surface area contributed by atoms with Crippen molar-refractivity contribution >= 4 is 20.7 Å². The van der Waals surface area contributed by atoms with E-state index in [0.717, 1.165) is 5.92 Å². The predicted molar refractivity (Wildman–Crippen MR) is 48.4 cm³/mol. The molecule has 10 heavy (non-hydrogen) atoms. The van der Waals surface area contributed by atoms with Gasteiger partial charge in [0.05, 0.1) is 0 Å². The zero-order valence-corrected chi connectivity index (χ0v) is 8.93. The first-order chi connectivity index (χ1) is 4.54. The molecule has 0 bridgehead atoms. The third kappa shape index (κ3) is 24.5. The fraction of sp³-hybridized carbons (Fsp3) is 0.857. The van der Waals surface area contributed by atoms with E-state index in [-0.39, 0.29) is 0 Å². The molecule has 0 rings (SSSR count). The topological polar surface area (TPSA) is 38.4 Å². The summed E-state index contributed by atoms with van der Waals surface area (Å²) in [5, 5.41) is 0. The van der Waals surface area contributed by atoms with E-state index in [2.05, 4.69) is 41.8 Å². The minimum atomic E-state index is 0.505. The van der Waals surface area contributed by atoms with Crippen molar-refractivity contribution in [1.82, 2.24) is 0 Å². The Hall–Kier alpha value is -0.0105. The molecule has 0 aromatic rings. The van der Waals surface area contributed by atoms with Crippen molar-refractivity contribution in [3.63, 3.8) is 0 Å². The number of hydrogen-bond acceptors (Lipinski definition) is 1. The molecule has 3 heteroatoms. The molecule has 2 N–H and O–H groups in total. The molecule has 0 heterocycles. The zero-order valence-electron chi connectivity index (χ0n) is 7.22. The summed E-state index contributed by atoms with van der Waals surface area (Å²) in [6.45, 7) is 6.64. The van der Waals surface area contributed by atoms with Crippen LogP contribution in [-0.2, 0) is 0 Å². The van der Waals surface area contributed by atoms with E-state index < -0.39 is 0 Å². The average Bonchev–Trinajstić information content (AvgIpc) is 1.89. The number of nitrogens with two attached hydrogens (primary N) is 1. The number of amidine groups is 1. The van der Waals surface area contributed by atoms with Crippen molar-refractivity contribution < 1.29 is 0 Å². The SMILES string of the molecule is CCC(C)C.CN=C(N)[Se]. The van der Waals surface area contributed by atoms with Gasteiger partial charge < -0.3 is 0 Å². The van der Waals surface area contributed by atoms with Gasteiger partial charge in [0.15, 0.2) is 0 Å². The van der Waals surface area contributed by atoms with E-state index in [0.29, 0.717) is 4.73 Å². The van der Waals surface area contributed by atoms with E-state index in [1.807, 2.05) is 0 Å². The Labute approximate surface area is 72.1 Å². The first-order valence-corrected chi connectivity index (χ1v) is 4.29. The third-order valence-electron chi connectivity index (χ3n) is 1.04. The summed E-state index contributed by atoms with van der Waals surface area (Å²) >= 11 is 2.52. The summed E-state index contributed by atoms with van der Waals surface area (Å²) in [7, 11) is 1.63. The second-order valence-electron chi connectivity index (χ2n) is 2.36. The molecule has 0 spiro atoms. The molecule has 0 aromatic carbocycles. The second-order valence-corrected chi connectivity index (χ2v) is 3.24. The molecule has 0 saturated carbocycles. The number of aliphatic imine (C=N–C) groups is 1. The Kier molecular flexibility index (Phi) is 11.4. The summed E-state index contributed by atoms with van der Waals surface area (Å²) in [6, 6.07) is 0. The first-order valence-electron chi connectivity index (χ1n) is 3.43. The Balaban J connectivity index is 0. The average molecular weight is 208 g/mol. The van der Waals surface area contributed by atoms with Gasteiger partial charge in [0.25, 0.3) is 0 Å². The maximum atomic E-state index is 4.99. The van der Waals surface area contributed by atoms with Crippen LogP contribution in [0, 0.1) is 5.92 Å². The molecule has 0 atom stereocenters. The third-order valence-corrected chi connectivity index (χ3v) is 1.42. The fourth-order valence-electron chi connectivity index (χ4n) is 0. The van der Waals surface area contributed by atoms with Gasteiger partial charge in [0.1, 0.15) is 0 Å². The van der Waals surface area contributed by atoms with E-state index in [9.17, 15) is 0 Å². The van der Waals surface area contributed by atoms with Crippen molar-refractivity contribution in [2.75, 3.05) is 7.05 Å². The molecule has 1 radical (unpaired) electrons. The molecule has 0 aliphatic rings. The number of hydrogen-bond donors (Lipinski definition) is 1. The first kappa shape index (κ1) is 12.6. The summed E-state index contributed by atoms with van der Waals surface area (Å²) in [6.07, 6.45) is 1.31. The van der Waals surface area contributed by atoms with E-state index in [1.54, 1.807) is 7.05 Å². The van der Waals surface area contributed by atoms with Crippen molar-refractivity contribution in [2.45, 2.75) is 27.2 Å².